The van der Waals surface area contributed by atoms with Crippen LogP contribution >= 0.6 is 0 Å². The molecule has 0 bridgehead atoms. The van der Waals surface area contributed by atoms with E-state index in [4.69, 9.17) is 10.8 Å². The molecule has 0 aliphatic carbocycles. The zero-order chi connectivity index (χ0) is 15.8. The lowest BCUT2D eigenvalue weighted by molar-refractivity contribution is -0.141. The number of carbonyl (C=O) groups excluding carboxylic acids is 2. The highest BCUT2D eigenvalue weighted by atomic mass is 16.4. The fourth-order valence-corrected chi connectivity index (χ4v) is 1.62. The molecule has 1 aromatic rings. The van der Waals surface area contributed by atoms with Crippen LogP contribution in [-0.4, -0.2) is 41.5 Å². The Kier molecular flexibility index (Phi) is 6.35. The van der Waals surface area contributed by atoms with Gasteiger partial charge in [-0.2, -0.15) is 0 Å². The zero-order valence-corrected chi connectivity index (χ0v) is 11.7. The number of carboxylic acid groups (broad SMARTS) is 1. The van der Waals surface area contributed by atoms with Crippen molar-refractivity contribution in [1.82, 2.24) is 10.6 Å². The molecule has 0 radical (unpaired) electrons. The lowest BCUT2D eigenvalue weighted by atomic mass is 10.1. The Morgan fingerprint density at radius 2 is 1.86 bits per heavy atom. The summed E-state index contributed by atoms with van der Waals surface area (Å²) in [4.78, 5) is 34.0. The molecule has 0 unspecified atom stereocenters. The monoisotopic (exact) mass is 293 g/mol. The van der Waals surface area contributed by atoms with Crippen LogP contribution in [0.5, 0.6) is 0 Å². The fourth-order valence-electron chi connectivity index (χ4n) is 1.62. The van der Waals surface area contributed by atoms with Crippen LogP contribution in [0.15, 0.2) is 30.3 Å². The maximum absolute atomic E-state index is 11.6. The number of hydrogen-bond donors (Lipinski definition) is 4. The SMILES string of the molecule is C[C@H](N)C(=O)NCC(=O)N[C@@H](Cc1ccccc1)C(=O)O. The number of nitrogens with two attached hydrogens (primary N) is 1. The van der Waals surface area contributed by atoms with Gasteiger partial charge in [0.2, 0.25) is 11.8 Å². The highest BCUT2D eigenvalue weighted by molar-refractivity contribution is 5.89. The summed E-state index contributed by atoms with van der Waals surface area (Å²) in [5, 5.41) is 13.8. The van der Waals surface area contributed by atoms with Crippen molar-refractivity contribution in [1.29, 1.82) is 0 Å². The molecule has 2 amide bonds. The van der Waals surface area contributed by atoms with Gasteiger partial charge in [0.15, 0.2) is 0 Å². The summed E-state index contributed by atoms with van der Waals surface area (Å²) >= 11 is 0. The summed E-state index contributed by atoms with van der Waals surface area (Å²) in [6.07, 6.45) is 0.170. The molecule has 0 saturated carbocycles. The molecule has 114 valence electrons. The highest BCUT2D eigenvalue weighted by Gasteiger charge is 2.20. The first kappa shape index (κ1) is 16.6. The summed E-state index contributed by atoms with van der Waals surface area (Å²) in [5.41, 5.74) is 6.13. The van der Waals surface area contributed by atoms with Crippen molar-refractivity contribution in [2.24, 2.45) is 5.73 Å². The number of nitrogens with one attached hydrogen (secondary N) is 2. The molecule has 0 aliphatic heterocycles. The van der Waals surface area contributed by atoms with Gasteiger partial charge in [-0.05, 0) is 12.5 Å². The fraction of sp³-hybridized carbons (Fsp3) is 0.357. The summed E-state index contributed by atoms with van der Waals surface area (Å²) in [6.45, 7) is 1.18. The van der Waals surface area contributed by atoms with Gasteiger partial charge in [-0.25, -0.2) is 4.79 Å². The summed E-state index contributed by atoms with van der Waals surface area (Å²) in [5.74, 6) is -2.18. The molecule has 0 spiro atoms. The van der Waals surface area contributed by atoms with Gasteiger partial charge in [0, 0.05) is 6.42 Å². The van der Waals surface area contributed by atoms with E-state index >= 15 is 0 Å². The first-order valence-corrected chi connectivity index (χ1v) is 6.49. The Morgan fingerprint density at radius 1 is 1.24 bits per heavy atom. The van der Waals surface area contributed by atoms with Crippen molar-refractivity contribution in [3.05, 3.63) is 35.9 Å². The van der Waals surface area contributed by atoms with E-state index in [1.165, 1.54) is 6.92 Å². The standard InChI is InChI=1S/C14H19N3O4/c1-9(15)13(19)16-8-12(18)17-11(14(20)21)7-10-5-3-2-4-6-10/h2-6,9,11H,7-8,15H2,1H3,(H,16,19)(H,17,18)(H,20,21)/t9-,11-/m0/s1. The zero-order valence-electron chi connectivity index (χ0n) is 11.7. The maximum Gasteiger partial charge on any atom is 0.326 e. The van der Waals surface area contributed by atoms with Crippen LogP contribution < -0.4 is 16.4 Å². The average Bonchev–Trinajstić information content (AvgIpc) is 2.44. The predicted octanol–water partition coefficient (Wildman–Crippen LogP) is -0.738. The second-order valence-corrected chi connectivity index (χ2v) is 4.65. The van der Waals surface area contributed by atoms with Crippen LogP contribution in [-0.2, 0) is 20.8 Å². The van der Waals surface area contributed by atoms with Crippen LogP contribution in [0.4, 0.5) is 0 Å². The van der Waals surface area contributed by atoms with Crippen LogP contribution in [0.2, 0.25) is 0 Å². The summed E-state index contributed by atoms with van der Waals surface area (Å²) in [6, 6.07) is 7.18. The Morgan fingerprint density at radius 3 is 2.38 bits per heavy atom. The molecule has 0 saturated heterocycles. The van der Waals surface area contributed by atoms with Crippen LogP contribution in [0, 0.1) is 0 Å². The van der Waals surface area contributed by atoms with Crippen molar-refractivity contribution >= 4 is 17.8 Å². The summed E-state index contributed by atoms with van der Waals surface area (Å²) in [7, 11) is 0. The number of carboxylic acids is 1. The normalized spacial score (nSPS) is 13.0. The molecule has 1 aromatic carbocycles. The van der Waals surface area contributed by atoms with E-state index in [-0.39, 0.29) is 13.0 Å². The number of amides is 2. The molecule has 2 atom stereocenters. The van der Waals surface area contributed by atoms with Gasteiger partial charge in [-0.15, -0.1) is 0 Å². The number of benzene rings is 1. The molecule has 0 heterocycles. The smallest absolute Gasteiger partial charge is 0.326 e. The second kappa shape index (κ2) is 8.01. The first-order valence-electron chi connectivity index (χ1n) is 6.49. The number of hydrogen-bond acceptors (Lipinski definition) is 4. The van der Waals surface area contributed by atoms with Gasteiger partial charge in [0.1, 0.15) is 6.04 Å². The lowest BCUT2D eigenvalue weighted by Gasteiger charge is -2.15. The lowest BCUT2D eigenvalue weighted by Crippen LogP contribution is -2.48. The molecular weight excluding hydrogens is 274 g/mol. The third-order valence-electron chi connectivity index (χ3n) is 2.75. The third kappa shape index (κ3) is 6.05. The molecule has 0 aromatic heterocycles. The van der Waals surface area contributed by atoms with E-state index in [0.29, 0.717) is 0 Å². The molecule has 7 nitrogen and oxygen atoms in total. The Bertz CT molecular complexity index is 502. The first-order chi connectivity index (χ1) is 9.90. The number of carbonyl (C=O) groups is 3. The van der Waals surface area contributed by atoms with Gasteiger partial charge >= 0.3 is 5.97 Å². The minimum Gasteiger partial charge on any atom is -0.480 e. The van der Waals surface area contributed by atoms with E-state index in [2.05, 4.69) is 10.6 Å². The highest BCUT2D eigenvalue weighted by Crippen LogP contribution is 2.03. The minimum atomic E-state index is -1.13. The van der Waals surface area contributed by atoms with Crippen LogP contribution in [0.3, 0.4) is 0 Å². The van der Waals surface area contributed by atoms with Crippen LogP contribution in [0.25, 0.3) is 0 Å². The number of rotatable bonds is 7. The number of aliphatic carboxylic acids is 1. The molecule has 5 N–H and O–H groups in total. The molecule has 7 heteroatoms. The van der Waals surface area contributed by atoms with Gasteiger partial charge in [-0.1, -0.05) is 30.3 Å². The Hall–Kier alpha value is -2.41. The van der Waals surface area contributed by atoms with Gasteiger partial charge in [0.25, 0.3) is 0 Å². The topological polar surface area (TPSA) is 122 Å². The quantitative estimate of drug-likeness (QED) is 0.527. The van der Waals surface area contributed by atoms with Crippen molar-refractivity contribution in [2.45, 2.75) is 25.4 Å². The van der Waals surface area contributed by atoms with Crippen molar-refractivity contribution in [3.63, 3.8) is 0 Å². The van der Waals surface area contributed by atoms with E-state index in [9.17, 15) is 14.4 Å². The molecule has 1 rings (SSSR count). The van der Waals surface area contributed by atoms with E-state index in [1.807, 2.05) is 6.07 Å². The van der Waals surface area contributed by atoms with Gasteiger partial charge < -0.3 is 21.5 Å². The van der Waals surface area contributed by atoms with Crippen molar-refractivity contribution in [3.8, 4) is 0 Å². The largest absolute Gasteiger partial charge is 0.480 e. The Balaban J connectivity index is 2.53. The molecule has 21 heavy (non-hydrogen) atoms. The van der Waals surface area contributed by atoms with Crippen molar-refractivity contribution in [2.75, 3.05) is 6.54 Å². The maximum atomic E-state index is 11.6. The molecule has 0 fully saturated rings. The molecular formula is C14H19N3O4. The predicted molar refractivity (Wildman–Crippen MR) is 76.4 cm³/mol. The van der Waals surface area contributed by atoms with Gasteiger partial charge in [0.05, 0.1) is 12.6 Å². The molecule has 0 aliphatic rings. The average molecular weight is 293 g/mol. The Labute approximate surface area is 122 Å². The van der Waals surface area contributed by atoms with E-state index in [1.54, 1.807) is 24.3 Å². The van der Waals surface area contributed by atoms with Crippen molar-refractivity contribution < 1.29 is 19.5 Å². The van der Waals surface area contributed by atoms with Gasteiger partial charge in [-0.3, -0.25) is 9.59 Å². The van der Waals surface area contributed by atoms with E-state index < -0.39 is 29.9 Å². The van der Waals surface area contributed by atoms with E-state index in [0.717, 1.165) is 5.56 Å². The van der Waals surface area contributed by atoms with Crippen LogP contribution in [0.1, 0.15) is 12.5 Å². The minimum absolute atomic E-state index is 0.170. The third-order valence-corrected chi connectivity index (χ3v) is 2.75. The summed E-state index contributed by atoms with van der Waals surface area (Å²) < 4.78 is 0. The second-order valence-electron chi connectivity index (χ2n) is 4.65.